The molecule has 5 heteroatoms. The summed E-state index contributed by atoms with van der Waals surface area (Å²) in [6, 6.07) is 13.6. The summed E-state index contributed by atoms with van der Waals surface area (Å²) in [5.74, 6) is 0.955. The molecule has 108 valence electrons. The molecule has 0 unspecified atom stereocenters. The van der Waals surface area contributed by atoms with Crippen molar-refractivity contribution in [3.8, 4) is 17.6 Å². The second kappa shape index (κ2) is 7.65. The lowest BCUT2D eigenvalue weighted by molar-refractivity contribution is 0.247. The first kappa shape index (κ1) is 15.3. The Morgan fingerprint density at radius 3 is 2.43 bits per heavy atom. The van der Waals surface area contributed by atoms with Crippen LogP contribution in [-0.2, 0) is 0 Å². The molecule has 2 aromatic rings. The van der Waals surface area contributed by atoms with Crippen molar-refractivity contribution in [2.75, 3.05) is 13.2 Å². The van der Waals surface area contributed by atoms with Crippen molar-refractivity contribution < 1.29 is 13.9 Å². The van der Waals surface area contributed by atoms with Crippen molar-refractivity contribution in [3.63, 3.8) is 0 Å². The van der Waals surface area contributed by atoms with Crippen LogP contribution < -0.4 is 9.47 Å². The van der Waals surface area contributed by atoms with E-state index in [-0.39, 0.29) is 5.82 Å². The van der Waals surface area contributed by atoms with E-state index in [1.54, 1.807) is 36.4 Å². The Labute approximate surface area is 131 Å². The summed E-state index contributed by atoms with van der Waals surface area (Å²) in [4.78, 5) is 0. The zero-order valence-electron chi connectivity index (χ0n) is 11.2. The largest absolute Gasteiger partial charge is 0.493 e. The van der Waals surface area contributed by atoms with Crippen LogP contribution in [0.25, 0.3) is 0 Å². The number of halogens is 2. The molecule has 0 heterocycles. The van der Waals surface area contributed by atoms with Crippen molar-refractivity contribution in [2.45, 2.75) is 6.42 Å². The molecule has 2 rings (SSSR count). The highest BCUT2D eigenvalue weighted by atomic mass is 79.9. The molecule has 0 atom stereocenters. The van der Waals surface area contributed by atoms with Gasteiger partial charge >= 0.3 is 0 Å². The van der Waals surface area contributed by atoms with Crippen molar-refractivity contribution >= 4 is 15.9 Å². The molecule has 0 radical (unpaired) electrons. The molecule has 0 amide bonds. The normalized spacial score (nSPS) is 9.95. The molecule has 21 heavy (non-hydrogen) atoms. The van der Waals surface area contributed by atoms with Gasteiger partial charge in [-0.15, -0.1) is 0 Å². The Kier molecular flexibility index (Phi) is 5.59. The van der Waals surface area contributed by atoms with Crippen LogP contribution in [0.15, 0.2) is 46.9 Å². The predicted molar refractivity (Wildman–Crippen MR) is 80.9 cm³/mol. The van der Waals surface area contributed by atoms with Gasteiger partial charge < -0.3 is 9.47 Å². The number of nitrogens with zero attached hydrogens (tertiary/aromatic N) is 1. The maximum Gasteiger partial charge on any atom is 0.137 e. The molecule has 0 spiro atoms. The van der Waals surface area contributed by atoms with Crippen LogP contribution in [0.3, 0.4) is 0 Å². The molecule has 3 nitrogen and oxygen atoms in total. The maximum atomic E-state index is 13.0. The third-order valence-corrected chi connectivity index (χ3v) is 3.29. The average molecular weight is 350 g/mol. The molecule has 0 aliphatic rings. The van der Waals surface area contributed by atoms with Crippen LogP contribution in [0.2, 0.25) is 0 Å². The van der Waals surface area contributed by atoms with Gasteiger partial charge in [-0.2, -0.15) is 5.26 Å². The summed E-state index contributed by atoms with van der Waals surface area (Å²) in [6.07, 6.45) is 0.686. The minimum Gasteiger partial charge on any atom is -0.493 e. The van der Waals surface area contributed by atoms with E-state index in [2.05, 4.69) is 22.0 Å². The van der Waals surface area contributed by atoms with Gasteiger partial charge in [-0.3, -0.25) is 0 Å². The fraction of sp³-hybridized carbons (Fsp3) is 0.188. The Morgan fingerprint density at radius 2 is 1.76 bits per heavy atom. The number of hydrogen-bond acceptors (Lipinski definition) is 3. The molecule has 0 aliphatic heterocycles. The zero-order valence-corrected chi connectivity index (χ0v) is 12.8. The molecule has 0 aromatic heterocycles. The third-order valence-electron chi connectivity index (χ3n) is 2.68. The topological polar surface area (TPSA) is 42.2 Å². The first-order valence-corrected chi connectivity index (χ1v) is 7.19. The SMILES string of the molecule is N#Cc1cccc(OCCCOc2ccc(F)c(Br)c2)c1. The zero-order chi connectivity index (χ0) is 15.1. The van der Waals surface area contributed by atoms with Crippen LogP contribution in [-0.4, -0.2) is 13.2 Å². The van der Waals surface area contributed by atoms with Gasteiger partial charge in [-0.05, 0) is 52.3 Å². The van der Waals surface area contributed by atoms with Gasteiger partial charge in [0.05, 0.1) is 29.3 Å². The van der Waals surface area contributed by atoms with Crippen LogP contribution in [0.1, 0.15) is 12.0 Å². The second-order valence-corrected chi connectivity index (χ2v) is 5.12. The van der Waals surface area contributed by atoms with Gasteiger partial charge in [-0.25, -0.2) is 4.39 Å². The Hall–Kier alpha value is -2.06. The first-order valence-electron chi connectivity index (χ1n) is 6.40. The summed E-state index contributed by atoms with van der Waals surface area (Å²) in [6.45, 7) is 0.952. The van der Waals surface area contributed by atoms with Gasteiger partial charge in [0.15, 0.2) is 0 Å². The molecule has 0 fully saturated rings. The lowest BCUT2D eigenvalue weighted by atomic mass is 10.2. The lowest BCUT2D eigenvalue weighted by Gasteiger charge is -2.08. The van der Waals surface area contributed by atoms with Gasteiger partial charge in [-0.1, -0.05) is 6.07 Å². The van der Waals surface area contributed by atoms with Gasteiger partial charge in [0.25, 0.3) is 0 Å². The third kappa shape index (κ3) is 4.76. The van der Waals surface area contributed by atoms with Gasteiger partial charge in [0, 0.05) is 6.42 Å². The van der Waals surface area contributed by atoms with Crippen molar-refractivity contribution in [2.24, 2.45) is 0 Å². The average Bonchev–Trinajstić information content (AvgIpc) is 2.50. The van der Waals surface area contributed by atoms with Crippen molar-refractivity contribution in [3.05, 3.63) is 58.3 Å². The highest BCUT2D eigenvalue weighted by molar-refractivity contribution is 9.10. The highest BCUT2D eigenvalue weighted by Gasteiger charge is 2.01. The number of benzene rings is 2. The standard InChI is InChI=1S/C16H13BrFNO2/c17-15-10-14(5-6-16(15)18)21-8-2-7-20-13-4-1-3-12(9-13)11-19/h1,3-6,9-10H,2,7-8H2. The molecule has 0 aliphatic carbocycles. The molecule has 2 aromatic carbocycles. The number of ether oxygens (including phenoxy) is 2. The molecule has 0 saturated carbocycles. The minimum atomic E-state index is -0.317. The molecular formula is C16H13BrFNO2. The Morgan fingerprint density at radius 1 is 1.05 bits per heavy atom. The fourth-order valence-electron chi connectivity index (χ4n) is 1.66. The van der Waals surface area contributed by atoms with E-state index in [0.29, 0.717) is 41.2 Å². The minimum absolute atomic E-state index is 0.317. The second-order valence-electron chi connectivity index (χ2n) is 4.27. The lowest BCUT2D eigenvalue weighted by Crippen LogP contribution is -2.05. The van der Waals surface area contributed by atoms with E-state index < -0.39 is 0 Å². The summed E-state index contributed by atoms with van der Waals surface area (Å²) in [5, 5.41) is 8.78. The maximum absolute atomic E-state index is 13.0. The Balaban J connectivity index is 1.72. The fourth-order valence-corrected chi connectivity index (χ4v) is 2.02. The first-order chi connectivity index (χ1) is 10.2. The van der Waals surface area contributed by atoms with Gasteiger partial charge in [0.2, 0.25) is 0 Å². The molecular weight excluding hydrogens is 337 g/mol. The number of nitriles is 1. The quantitative estimate of drug-likeness (QED) is 0.729. The smallest absolute Gasteiger partial charge is 0.137 e. The van der Waals surface area contributed by atoms with Crippen LogP contribution in [0.5, 0.6) is 11.5 Å². The molecule has 0 bridgehead atoms. The van der Waals surface area contributed by atoms with E-state index >= 15 is 0 Å². The van der Waals surface area contributed by atoms with Crippen LogP contribution >= 0.6 is 15.9 Å². The number of hydrogen-bond donors (Lipinski definition) is 0. The van der Waals surface area contributed by atoms with E-state index in [9.17, 15) is 4.39 Å². The van der Waals surface area contributed by atoms with E-state index in [0.717, 1.165) is 0 Å². The predicted octanol–water partition coefficient (Wildman–Crippen LogP) is 4.31. The summed E-state index contributed by atoms with van der Waals surface area (Å²) >= 11 is 3.11. The van der Waals surface area contributed by atoms with E-state index in [1.165, 1.54) is 6.07 Å². The molecule has 0 saturated heterocycles. The summed E-state index contributed by atoms with van der Waals surface area (Å²) in [7, 11) is 0. The van der Waals surface area contributed by atoms with Crippen LogP contribution in [0, 0.1) is 17.1 Å². The summed E-state index contributed by atoms with van der Waals surface area (Å²) < 4.78 is 24.4. The monoisotopic (exact) mass is 349 g/mol. The Bertz CT molecular complexity index is 655. The van der Waals surface area contributed by atoms with Crippen molar-refractivity contribution in [1.82, 2.24) is 0 Å². The summed E-state index contributed by atoms with van der Waals surface area (Å²) in [5.41, 5.74) is 0.569. The molecule has 0 N–H and O–H groups in total. The van der Waals surface area contributed by atoms with Crippen LogP contribution in [0.4, 0.5) is 4.39 Å². The number of rotatable bonds is 6. The van der Waals surface area contributed by atoms with Gasteiger partial charge in [0.1, 0.15) is 17.3 Å². The van der Waals surface area contributed by atoms with Crippen molar-refractivity contribution in [1.29, 1.82) is 5.26 Å². The highest BCUT2D eigenvalue weighted by Crippen LogP contribution is 2.21. The van der Waals surface area contributed by atoms with E-state index in [4.69, 9.17) is 14.7 Å². The van der Waals surface area contributed by atoms with E-state index in [1.807, 2.05) is 0 Å².